The highest BCUT2D eigenvalue weighted by atomic mass is 32.2. The maximum Gasteiger partial charge on any atom is 0.341 e. The van der Waals surface area contributed by atoms with Crippen LogP contribution in [0.3, 0.4) is 0 Å². The molecule has 1 aromatic carbocycles. The highest BCUT2D eigenvalue weighted by Crippen LogP contribution is 2.20. The number of benzene rings is 1. The van der Waals surface area contributed by atoms with Crippen LogP contribution in [-0.4, -0.2) is 50.8 Å². The summed E-state index contributed by atoms with van der Waals surface area (Å²) in [7, 11) is -1.18. The molecular weight excluding hydrogens is 339 g/mol. The predicted octanol–water partition coefficient (Wildman–Crippen LogP) is 0.900. The molecule has 9 heteroatoms. The number of carbonyl (C=O) groups excluding carboxylic acids is 2. The molecule has 132 valence electrons. The molecule has 1 aromatic rings. The third-order valence-corrected chi connectivity index (χ3v) is 5.32. The summed E-state index contributed by atoms with van der Waals surface area (Å²) in [4.78, 5) is 23.6. The number of ether oxygens (including phenoxy) is 1. The number of sulfonamides is 1. The molecule has 1 N–H and O–H groups in total. The molecule has 0 unspecified atom stereocenters. The number of hydrogen-bond donors (Lipinski definition) is 1. The summed E-state index contributed by atoms with van der Waals surface area (Å²) < 4.78 is 43.9. The number of hydrogen-bond acceptors (Lipinski definition) is 5. The zero-order valence-corrected chi connectivity index (χ0v) is 14.4. The van der Waals surface area contributed by atoms with Crippen LogP contribution in [0.5, 0.6) is 0 Å². The Bertz CT molecular complexity index is 759. The lowest BCUT2D eigenvalue weighted by atomic mass is 10.2. The van der Waals surface area contributed by atoms with Crippen LogP contribution < -0.4 is 5.32 Å². The van der Waals surface area contributed by atoms with Gasteiger partial charge in [0.05, 0.1) is 10.5 Å². The van der Waals surface area contributed by atoms with Crippen molar-refractivity contribution in [3.05, 3.63) is 29.6 Å². The van der Waals surface area contributed by atoms with Gasteiger partial charge >= 0.3 is 5.97 Å². The number of esters is 1. The van der Waals surface area contributed by atoms with E-state index in [1.165, 1.54) is 21.0 Å². The van der Waals surface area contributed by atoms with Crippen molar-refractivity contribution >= 4 is 21.9 Å². The van der Waals surface area contributed by atoms with E-state index in [1.54, 1.807) is 0 Å². The third kappa shape index (κ3) is 4.09. The van der Waals surface area contributed by atoms with Gasteiger partial charge in [-0.3, -0.25) is 4.79 Å². The quantitative estimate of drug-likeness (QED) is 0.763. The van der Waals surface area contributed by atoms with E-state index in [0.29, 0.717) is 0 Å². The summed E-state index contributed by atoms with van der Waals surface area (Å²) in [5.74, 6) is -2.49. The number of halogens is 1. The van der Waals surface area contributed by atoms with Gasteiger partial charge in [0.15, 0.2) is 6.10 Å². The predicted molar refractivity (Wildman–Crippen MR) is 83.3 cm³/mol. The number of rotatable bonds is 6. The van der Waals surface area contributed by atoms with Crippen molar-refractivity contribution in [3.8, 4) is 0 Å². The number of amides is 1. The fourth-order valence-corrected chi connectivity index (χ4v) is 2.78. The zero-order valence-electron chi connectivity index (χ0n) is 13.6. The minimum Gasteiger partial charge on any atom is -0.449 e. The number of carbonyl (C=O) groups is 2. The Balaban J connectivity index is 2.17. The number of nitrogens with zero attached hydrogens (tertiary/aromatic N) is 1. The maximum absolute atomic E-state index is 13.9. The summed E-state index contributed by atoms with van der Waals surface area (Å²) in [5, 5.41) is 2.66. The molecule has 0 spiro atoms. The largest absolute Gasteiger partial charge is 0.449 e. The first-order valence-corrected chi connectivity index (χ1v) is 8.80. The molecule has 7 nitrogen and oxygen atoms in total. The van der Waals surface area contributed by atoms with E-state index in [-0.39, 0.29) is 10.9 Å². The van der Waals surface area contributed by atoms with E-state index in [1.807, 2.05) is 0 Å². The van der Waals surface area contributed by atoms with Crippen LogP contribution in [0.1, 0.15) is 30.1 Å². The normalized spacial score (nSPS) is 15.9. The van der Waals surface area contributed by atoms with Gasteiger partial charge in [-0.05, 0) is 38.0 Å². The molecule has 2 rings (SSSR count). The lowest BCUT2D eigenvalue weighted by Gasteiger charge is -2.15. The Kier molecular flexibility index (Phi) is 5.24. The van der Waals surface area contributed by atoms with Crippen LogP contribution in [-0.2, 0) is 19.6 Å². The highest BCUT2D eigenvalue weighted by molar-refractivity contribution is 7.89. The molecule has 0 radical (unpaired) electrons. The van der Waals surface area contributed by atoms with Gasteiger partial charge in [-0.1, -0.05) is 0 Å². The molecule has 0 bridgehead atoms. The molecule has 1 aliphatic carbocycles. The zero-order chi connectivity index (χ0) is 18.1. The second-order valence-corrected chi connectivity index (χ2v) is 7.91. The maximum atomic E-state index is 13.9. The summed E-state index contributed by atoms with van der Waals surface area (Å²) >= 11 is 0. The van der Waals surface area contributed by atoms with Crippen LogP contribution in [0.2, 0.25) is 0 Å². The van der Waals surface area contributed by atoms with Gasteiger partial charge in [-0.15, -0.1) is 0 Å². The first-order valence-electron chi connectivity index (χ1n) is 7.36. The highest BCUT2D eigenvalue weighted by Gasteiger charge is 2.28. The molecule has 0 aliphatic heterocycles. The Morgan fingerprint density at radius 3 is 2.50 bits per heavy atom. The van der Waals surface area contributed by atoms with Gasteiger partial charge in [0.25, 0.3) is 5.91 Å². The summed E-state index contributed by atoms with van der Waals surface area (Å²) in [5.41, 5.74) is -0.538. The molecule has 0 saturated heterocycles. The van der Waals surface area contributed by atoms with E-state index >= 15 is 0 Å². The molecule has 24 heavy (non-hydrogen) atoms. The molecule has 0 heterocycles. The molecule has 1 fully saturated rings. The second-order valence-electron chi connectivity index (χ2n) is 5.76. The van der Waals surface area contributed by atoms with Gasteiger partial charge < -0.3 is 10.1 Å². The van der Waals surface area contributed by atoms with Crippen LogP contribution in [0.25, 0.3) is 0 Å². The van der Waals surface area contributed by atoms with Crippen LogP contribution >= 0.6 is 0 Å². The van der Waals surface area contributed by atoms with Gasteiger partial charge in [0, 0.05) is 20.1 Å². The average molecular weight is 358 g/mol. The summed E-state index contributed by atoms with van der Waals surface area (Å²) in [6, 6.07) is 2.94. The molecular formula is C15H19FN2O5S. The standard InChI is InChI=1S/C15H19FN2O5S/c1-9(14(19)17-10-4-5-10)23-15(20)12-8-11(6-7-13(12)16)24(21,22)18(2)3/h6-10H,4-5H2,1-3H3,(H,17,19)/t9-/m0/s1. The van der Waals surface area contributed by atoms with Gasteiger partial charge in [-0.2, -0.15) is 0 Å². The Hall–Kier alpha value is -2.00. The van der Waals surface area contributed by atoms with Crippen molar-refractivity contribution in [1.29, 1.82) is 0 Å². The fraction of sp³-hybridized carbons (Fsp3) is 0.467. The van der Waals surface area contributed by atoms with Crippen molar-refractivity contribution in [1.82, 2.24) is 9.62 Å². The fourth-order valence-electron chi connectivity index (χ4n) is 1.86. The first-order chi connectivity index (χ1) is 11.1. The van der Waals surface area contributed by atoms with E-state index in [0.717, 1.165) is 35.3 Å². The Labute approximate surface area is 139 Å². The second kappa shape index (κ2) is 6.86. The Morgan fingerprint density at radius 2 is 1.96 bits per heavy atom. The lowest BCUT2D eigenvalue weighted by molar-refractivity contribution is -0.129. The first kappa shape index (κ1) is 18.3. The monoisotopic (exact) mass is 358 g/mol. The van der Waals surface area contributed by atoms with E-state index in [4.69, 9.17) is 4.74 Å². The van der Waals surface area contributed by atoms with Crippen molar-refractivity contribution in [2.75, 3.05) is 14.1 Å². The topological polar surface area (TPSA) is 92.8 Å². The SMILES string of the molecule is C[C@H](OC(=O)c1cc(S(=O)(=O)N(C)C)ccc1F)C(=O)NC1CC1. The molecule has 1 amide bonds. The molecule has 1 atom stereocenters. The molecule has 0 aromatic heterocycles. The van der Waals surface area contributed by atoms with Crippen LogP contribution in [0.15, 0.2) is 23.1 Å². The smallest absolute Gasteiger partial charge is 0.341 e. The molecule has 1 aliphatic rings. The summed E-state index contributed by atoms with van der Waals surface area (Å²) in [6.45, 7) is 1.37. The van der Waals surface area contributed by atoms with Crippen molar-refractivity contribution in [2.45, 2.75) is 36.8 Å². The van der Waals surface area contributed by atoms with E-state index in [9.17, 15) is 22.4 Å². The summed E-state index contributed by atoms with van der Waals surface area (Å²) in [6.07, 6.45) is 0.656. The van der Waals surface area contributed by atoms with Crippen molar-refractivity contribution < 1.29 is 27.1 Å². The minimum absolute atomic E-state index is 0.101. The van der Waals surface area contributed by atoms with Crippen LogP contribution in [0.4, 0.5) is 4.39 Å². The van der Waals surface area contributed by atoms with Gasteiger partial charge in [-0.25, -0.2) is 21.9 Å². The molecule has 1 saturated carbocycles. The Morgan fingerprint density at radius 1 is 1.33 bits per heavy atom. The average Bonchev–Trinajstić information content (AvgIpc) is 3.30. The van der Waals surface area contributed by atoms with Gasteiger partial charge in [0.2, 0.25) is 10.0 Å². The van der Waals surface area contributed by atoms with Crippen LogP contribution in [0, 0.1) is 5.82 Å². The van der Waals surface area contributed by atoms with Crippen molar-refractivity contribution in [2.24, 2.45) is 0 Å². The number of nitrogens with one attached hydrogen (secondary N) is 1. The lowest BCUT2D eigenvalue weighted by Crippen LogP contribution is -2.37. The van der Waals surface area contributed by atoms with E-state index < -0.39 is 39.4 Å². The minimum atomic E-state index is -3.82. The van der Waals surface area contributed by atoms with E-state index in [2.05, 4.69) is 5.32 Å². The van der Waals surface area contributed by atoms with Crippen molar-refractivity contribution in [3.63, 3.8) is 0 Å². The van der Waals surface area contributed by atoms with Gasteiger partial charge in [0.1, 0.15) is 5.82 Å². The third-order valence-electron chi connectivity index (χ3n) is 3.51.